The number of esters is 1. The number of nitrogens with zero attached hydrogens (tertiary/aromatic N) is 2. The zero-order chi connectivity index (χ0) is 13.9. The number of rotatable bonds is 3. The van der Waals surface area contributed by atoms with Gasteiger partial charge in [0.15, 0.2) is 5.92 Å². The van der Waals surface area contributed by atoms with Crippen LogP contribution in [-0.2, 0) is 14.3 Å². The lowest BCUT2D eigenvalue weighted by Gasteiger charge is -2.21. The minimum Gasteiger partial charge on any atom is -0.480 e. The molecule has 0 bridgehead atoms. The predicted octanol–water partition coefficient (Wildman–Crippen LogP) is 1.64. The fourth-order valence-electron chi connectivity index (χ4n) is 1.22. The molecule has 0 fully saturated rings. The standard InChI is InChI=1S/C11H13ClN2O4/c1-11(2,3)18-9(17)7(8(15)16)6-4-5-13-10(12)14-6/h4-5,7H,1-3H3,(H,15,16). The van der Waals surface area contributed by atoms with Gasteiger partial charge in [-0.3, -0.25) is 9.59 Å². The number of carboxylic acid groups (broad SMARTS) is 1. The number of halogens is 1. The first-order valence-corrected chi connectivity index (χ1v) is 5.52. The molecule has 0 saturated heterocycles. The maximum atomic E-state index is 11.8. The Balaban J connectivity index is 3.04. The molecule has 0 aliphatic rings. The number of carbonyl (C=O) groups is 2. The lowest BCUT2D eigenvalue weighted by molar-refractivity contribution is -0.162. The molecule has 18 heavy (non-hydrogen) atoms. The van der Waals surface area contributed by atoms with Crippen molar-refractivity contribution in [2.75, 3.05) is 0 Å². The number of ether oxygens (including phenoxy) is 1. The van der Waals surface area contributed by atoms with Crippen LogP contribution in [0.5, 0.6) is 0 Å². The van der Waals surface area contributed by atoms with E-state index in [0.717, 1.165) is 0 Å². The van der Waals surface area contributed by atoms with Gasteiger partial charge in [0.2, 0.25) is 5.28 Å². The average Bonchev–Trinajstić information content (AvgIpc) is 2.13. The largest absolute Gasteiger partial charge is 0.480 e. The predicted molar refractivity (Wildman–Crippen MR) is 63.3 cm³/mol. The van der Waals surface area contributed by atoms with Gasteiger partial charge < -0.3 is 9.84 Å². The third kappa shape index (κ3) is 3.96. The first-order chi connectivity index (χ1) is 8.20. The maximum Gasteiger partial charge on any atom is 0.327 e. The second-order valence-corrected chi connectivity index (χ2v) is 4.89. The normalized spacial score (nSPS) is 12.9. The van der Waals surface area contributed by atoms with E-state index >= 15 is 0 Å². The summed E-state index contributed by atoms with van der Waals surface area (Å²) >= 11 is 5.56. The Bertz CT molecular complexity index is 470. The maximum absolute atomic E-state index is 11.8. The third-order valence-corrected chi connectivity index (χ3v) is 2.02. The van der Waals surface area contributed by atoms with Crippen molar-refractivity contribution in [3.05, 3.63) is 23.2 Å². The molecule has 7 heteroatoms. The summed E-state index contributed by atoms with van der Waals surface area (Å²) in [6.07, 6.45) is 1.28. The van der Waals surface area contributed by atoms with Crippen LogP contribution in [0.3, 0.4) is 0 Å². The summed E-state index contributed by atoms with van der Waals surface area (Å²) in [5.41, 5.74) is -0.779. The van der Waals surface area contributed by atoms with E-state index in [4.69, 9.17) is 21.4 Å². The van der Waals surface area contributed by atoms with Crippen LogP contribution < -0.4 is 0 Å². The first kappa shape index (κ1) is 14.4. The zero-order valence-corrected chi connectivity index (χ0v) is 10.9. The van der Waals surface area contributed by atoms with Crippen molar-refractivity contribution in [2.24, 2.45) is 0 Å². The van der Waals surface area contributed by atoms with Crippen LogP contribution in [0.25, 0.3) is 0 Å². The Kier molecular flexibility index (Phi) is 4.24. The minimum absolute atomic E-state index is 0.00301. The summed E-state index contributed by atoms with van der Waals surface area (Å²) in [5, 5.41) is 8.96. The van der Waals surface area contributed by atoms with E-state index in [1.54, 1.807) is 20.8 Å². The van der Waals surface area contributed by atoms with Crippen LogP contribution in [0.4, 0.5) is 0 Å². The van der Waals surface area contributed by atoms with Crippen molar-refractivity contribution in [2.45, 2.75) is 32.3 Å². The number of hydrogen-bond acceptors (Lipinski definition) is 5. The number of carboxylic acids is 1. The molecule has 1 rings (SSSR count). The SMILES string of the molecule is CC(C)(C)OC(=O)C(C(=O)O)c1ccnc(Cl)n1. The van der Waals surface area contributed by atoms with Gasteiger partial charge in [0.05, 0.1) is 5.69 Å². The van der Waals surface area contributed by atoms with Gasteiger partial charge in [0.1, 0.15) is 5.60 Å². The van der Waals surface area contributed by atoms with Crippen molar-refractivity contribution < 1.29 is 19.4 Å². The van der Waals surface area contributed by atoms with Gasteiger partial charge in [0.25, 0.3) is 0 Å². The first-order valence-electron chi connectivity index (χ1n) is 5.15. The van der Waals surface area contributed by atoms with Gasteiger partial charge in [-0.1, -0.05) is 0 Å². The third-order valence-electron chi connectivity index (χ3n) is 1.83. The van der Waals surface area contributed by atoms with Gasteiger partial charge in [0, 0.05) is 6.20 Å². The number of hydrogen-bond donors (Lipinski definition) is 1. The number of aliphatic carboxylic acids is 1. The molecule has 0 spiro atoms. The molecule has 0 aliphatic carbocycles. The molecular formula is C11H13ClN2O4. The van der Waals surface area contributed by atoms with E-state index in [2.05, 4.69) is 9.97 Å². The summed E-state index contributed by atoms with van der Waals surface area (Å²) in [5.74, 6) is -3.74. The van der Waals surface area contributed by atoms with E-state index in [9.17, 15) is 9.59 Å². The van der Waals surface area contributed by atoms with E-state index in [0.29, 0.717) is 0 Å². The van der Waals surface area contributed by atoms with Crippen LogP contribution in [0.1, 0.15) is 32.4 Å². The monoisotopic (exact) mass is 272 g/mol. The summed E-state index contributed by atoms with van der Waals surface area (Å²) in [6, 6.07) is 1.31. The topological polar surface area (TPSA) is 89.4 Å². The fourth-order valence-corrected chi connectivity index (χ4v) is 1.37. The number of carbonyl (C=O) groups excluding carboxylic acids is 1. The molecule has 0 aliphatic heterocycles. The van der Waals surface area contributed by atoms with Crippen molar-refractivity contribution in [3.8, 4) is 0 Å². The Morgan fingerprint density at radius 3 is 2.50 bits per heavy atom. The van der Waals surface area contributed by atoms with E-state index in [1.807, 2.05) is 0 Å². The van der Waals surface area contributed by atoms with Crippen LogP contribution in [-0.4, -0.2) is 32.6 Å². The van der Waals surface area contributed by atoms with E-state index in [-0.39, 0.29) is 11.0 Å². The fraction of sp³-hybridized carbons (Fsp3) is 0.455. The van der Waals surface area contributed by atoms with Crippen molar-refractivity contribution in [1.29, 1.82) is 0 Å². The molecule has 1 N–H and O–H groups in total. The molecule has 1 aromatic rings. The molecule has 98 valence electrons. The smallest absolute Gasteiger partial charge is 0.327 e. The van der Waals surface area contributed by atoms with Crippen molar-refractivity contribution in [3.63, 3.8) is 0 Å². The quantitative estimate of drug-likeness (QED) is 0.511. The molecule has 1 atom stereocenters. The Morgan fingerprint density at radius 1 is 1.44 bits per heavy atom. The summed E-state index contributed by atoms with van der Waals surface area (Å²) < 4.78 is 5.03. The highest BCUT2D eigenvalue weighted by Gasteiger charge is 2.34. The van der Waals surface area contributed by atoms with Crippen molar-refractivity contribution >= 4 is 23.5 Å². The summed E-state index contributed by atoms with van der Waals surface area (Å²) in [4.78, 5) is 30.3. The van der Waals surface area contributed by atoms with Gasteiger partial charge in [-0.2, -0.15) is 0 Å². The second kappa shape index (κ2) is 5.30. The lowest BCUT2D eigenvalue weighted by Crippen LogP contribution is -2.31. The molecule has 0 amide bonds. The highest BCUT2D eigenvalue weighted by Crippen LogP contribution is 2.20. The Labute approximate surface area is 109 Å². The summed E-state index contributed by atoms with van der Waals surface area (Å²) in [6.45, 7) is 4.95. The van der Waals surface area contributed by atoms with Gasteiger partial charge in [-0.25, -0.2) is 9.97 Å². The lowest BCUT2D eigenvalue weighted by atomic mass is 10.1. The van der Waals surface area contributed by atoms with E-state index in [1.165, 1.54) is 12.3 Å². The highest BCUT2D eigenvalue weighted by atomic mass is 35.5. The van der Waals surface area contributed by atoms with Gasteiger partial charge in [-0.15, -0.1) is 0 Å². The molecule has 1 unspecified atom stereocenters. The van der Waals surface area contributed by atoms with Gasteiger partial charge in [-0.05, 0) is 38.4 Å². The minimum atomic E-state index is -1.51. The Hall–Kier alpha value is -1.69. The molecule has 0 radical (unpaired) electrons. The van der Waals surface area contributed by atoms with Gasteiger partial charge >= 0.3 is 11.9 Å². The Morgan fingerprint density at radius 2 is 2.06 bits per heavy atom. The molecule has 6 nitrogen and oxygen atoms in total. The average molecular weight is 273 g/mol. The molecule has 1 heterocycles. The van der Waals surface area contributed by atoms with Crippen LogP contribution in [0, 0.1) is 0 Å². The second-order valence-electron chi connectivity index (χ2n) is 4.56. The molecule has 0 aromatic carbocycles. The van der Waals surface area contributed by atoms with E-state index < -0.39 is 23.5 Å². The van der Waals surface area contributed by atoms with Crippen molar-refractivity contribution in [1.82, 2.24) is 9.97 Å². The van der Waals surface area contributed by atoms with Crippen LogP contribution in [0.15, 0.2) is 12.3 Å². The number of aromatic nitrogens is 2. The molecule has 1 aromatic heterocycles. The zero-order valence-electron chi connectivity index (χ0n) is 10.2. The molecular weight excluding hydrogens is 260 g/mol. The summed E-state index contributed by atoms with van der Waals surface area (Å²) in [7, 11) is 0. The molecule has 0 saturated carbocycles. The van der Waals surface area contributed by atoms with Crippen LogP contribution in [0.2, 0.25) is 5.28 Å². The van der Waals surface area contributed by atoms with Crippen LogP contribution >= 0.6 is 11.6 Å². The highest BCUT2D eigenvalue weighted by molar-refractivity contribution is 6.28.